The fraction of sp³-hybridized carbons (Fsp3) is 0. The van der Waals surface area contributed by atoms with Crippen LogP contribution in [0.2, 0.25) is 0 Å². The van der Waals surface area contributed by atoms with Crippen molar-refractivity contribution >= 4 is 43.5 Å². The van der Waals surface area contributed by atoms with Crippen LogP contribution < -0.4 is 5.69 Å². The van der Waals surface area contributed by atoms with Crippen molar-refractivity contribution in [1.29, 1.82) is 0 Å². The van der Waals surface area contributed by atoms with Gasteiger partial charge in [0.05, 0.1) is 22.2 Å². The minimum atomic E-state index is -0.121. The van der Waals surface area contributed by atoms with E-state index in [4.69, 9.17) is 4.98 Å². The van der Waals surface area contributed by atoms with Gasteiger partial charge in [0.2, 0.25) is 0 Å². The standard InChI is InChI=1S/C20H12BrN3O/c21-13-10-11-17-15(12-13)19-22-16-8-4-5-9-18(16)24(19)20(25)23(17)14-6-2-1-3-7-14/h1-12H. The van der Waals surface area contributed by atoms with Crippen molar-refractivity contribution in [3.63, 3.8) is 0 Å². The normalized spacial score (nSPS) is 11.6. The van der Waals surface area contributed by atoms with Gasteiger partial charge < -0.3 is 0 Å². The molecule has 5 heteroatoms. The Labute approximate surface area is 151 Å². The molecule has 4 nitrogen and oxygen atoms in total. The highest BCUT2D eigenvalue weighted by Crippen LogP contribution is 2.26. The molecular weight excluding hydrogens is 378 g/mol. The summed E-state index contributed by atoms with van der Waals surface area (Å²) in [6.07, 6.45) is 0. The first kappa shape index (κ1) is 14.4. The van der Waals surface area contributed by atoms with E-state index in [-0.39, 0.29) is 5.69 Å². The second-order valence-corrected chi connectivity index (χ2v) is 6.79. The third-order valence-electron chi connectivity index (χ3n) is 4.40. The third-order valence-corrected chi connectivity index (χ3v) is 4.89. The van der Waals surface area contributed by atoms with E-state index in [1.54, 1.807) is 8.97 Å². The van der Waals surface area contributed by atoms with Crippen molar-refractivity contribution in [1.82, 2.24) is 14.0 Å². The zero-order valence-corrected chi connectivity index (χ0v) is 14.6. The van der Waals surface area contributed by atoms with Crippen molar-refractivity contribution in [3.8, 4) is 5.69 Å². The highest BCUT2D eigenvalue weighted by atomic mass is 79.9. The molecule has 2 heterocycles. The molecule has 0 saturated heterocycles. The molecule has 5 aromatic rings. The van der Waals surface area contributed by atoms with Crippen LogP contribution in [0.3, 0.4) is 0 Å². The smallest absolute Gasteiger partial charge is 0.262 e. The molecule has 0 amide bonds. The highest BCUT2D eigenvalue weighted by Gasteiger charge is 2.16. The Morgan fingerprint density at radius 3 is 2.44 bits per heavy atom. The van der Waals surface area contributed by atoms with E-state index in [1.807, 2.05) is 72.8 Å². The van der Waals surface area contributed by atoms with Gasteiger partial charge in [0.25, 0.3) is 0 Å². The molecule has 0 bridgehead atoms. The van der Waals surface area contributed by atoms with Gasteiger partial charge in [-0.3, -0.25) is 4.57 Å². The number of rotatable bonds is 1. The molecule has 120 valence electrons. The Kier molecular flexibility index (Phi) is 3.05. The second-order valence-electron chi connectivity index (χ2n) is 5.87. The number of nitrogens with zero attached hydrogens (tertiary/aromatic N) is 3. The number of halogens is 1. The summed E-state index contributed by atoms with van der Waals surface area (Å²) in [4.78, 5) is 18.1. The number of hydrogen-bond donors (Lipinski definition) is 0. The van der Waals surface area contributed by atoms with E-state index in [1.165, 1.54) is 0 Å². The number of imidazole rings is 1. The Morgan fingerprint density at radius 2 is 1.60 bits per heavy atom. The van der Waals surface area contributed by atoms with Crippen molar-refractivity contribution in [2.45, 2.75) is 0 Å². The Balaban J connectivity index is 2.11. The first-order valence-electron chi connectivity index (χ1n) is 7.91. The zero-order valence-electron chi connectivity index (χ0n) is 13.1. The van der Waals surface area contributed by atoms with Crippen LogP contribution in [0.5, 0.6) is 0 Å². The Hall–Kier alpha value is -2.92. The summed E-state index contributed by atoms with van der Waals surface area (Å²) in [6, 6.07) is 23.3. The molecule has 0 N–H and O–H groups in total. The molecule has 2 aromatic heterocycles. The molecule has 0 spiro atoms. The van der Waals surface area contributed by atoms with Gasteiger partial charge in [-0.2, -0.15) is 0 Å². The Bertz CT molecular complexity index is 1320. The van der Waals surface area contributed by atoms with Gasteiger partial charge in [0.1, 0.15) is 0 Å². The van der Waals surface area contributed by atoms with E-state index in [2.05, 4.69) is 15.9 Å². The van der Waals surface area contributed by atoms with Gasteiger partial charge in [0, 0.05) is 9.86 Å². The maximum absolute atomic E-state index is 13.4. The van der Waals surface area contributed by atoms with Gasteiger partial charge in [-0.05, 0) is 42.5 Å². The van der Waals surface area contributed by atoms with Crippen LogP contribution in [0, 0.1) is 0 Å². The SMILES string of the molecule is O=c1n(-c2ccccc2)c2ccc(Br)cc2c2nc3ccccc3n12. The van der Waals surface area contributed by atoms with Crippen LogP contribution in [0.4, 0.5) is 0 Å². The van der Waals surface area contributed by atoms with Crippen LogP contribution in [0.15, 0.2) is 82.1 Å². The third kappa shape index (κ3) is 2.06. The van der Waals surface area contributed by atoms with Crippen molar-refractivity contribution in [3.05, 3.63) is 87.8 Å². The summed E-state index contributed by atoms with van der Waals surface area (Å²) < 4.78 is 4.38. The van der Waals surface area contributed by atoms with E-state index < -0.39 is 0 Å². The summed E-state index contributed by atoms with van der Waals surface area (Å²) >= 11 is 3.54. The van der Waals surface area contributed by atoms with Crippen molar-refractivity contribution < 1.29 is 0 Å². The molecule has 0 saturated carbocycles. The minimum Gasteiger partial charge on any atom is -0.262 e. The van der Waals surface area contributed by atoms with Gasteiger partial charge in [-0.15, -0.1) is 0 Å². The molecule has 3 aromatic carbocycles. The number of hydrogen-bond acceptors (Lipinski definition) is 2. The summed E-state index contributed by atoms with van der Waals surface area (Å²) in [7, 11) is 0. The number of aromatic nitrogens is 3. The molecule has 25 heavy (non-hydrogen) atoms. The van der Waals surface area contributed by atoms with Crippen LogP contribution in [0.1, 0.15) is 0 Å². The monoisotopic (exact) mass is 389 g/mol. The first-order valence-corrected chi connectivity index (χ1v) is 8.70. The summed E-state index contributed by atoms with van der Waals surface area (Å²) in [6.45, 7) is 0. The maximum Gasteiger partial charge on any atom is 0.339 e. The quantitative estimate of drug-likeness (QED) is 0.421. The summed E-state index contributed by atoms with van der Waals surface area (Å²) in [5, 5.41) is 0.925. The van der Waals surface area contributed by atoms with Gasteiger partial charge in [0.15, 0.2) is 5.65 Å². The predicted octanol–water partition coefficient (Wildman–Crippen LogP) is 4.55. The molecule has 0 aliphatic rings. The van der Waals surface area contributed by atoms with Crippen molar-refractivity contribution in [2.75, 3.05) is 0 Å². The second kappa shape index (κ2) is 5.29. The lowest BCUT2D eigenvalue weighted by molar-refractivity contribution is 0.932. The largest absolute Gasteiger partial charge is 0.339 e. The molecule has 0 aliphatic heterocycles. The van der Waals surface area contributed by atoms with E-state index in [0.29, 0.717) is 5.65 Å². The lowest BCUT2D eigenvalue weighted by Crippen LogP contribution is -2.25. The maximum atomic E-state index is 13.4. The first-order chi connectivity index (χ1) is 12.2. The van der Waals surface area contributed by atoms with E-state index in [0.717, 1.165) is 32.1 Å². The molecule has 0 aliphatic carbocycles. The molecule has 5 rings (SSSR count). The minimum absolute atomic E-state index is 0.121. The van der Waals surface area contributed by atoms with E-state index >= 15 is 0 Å². The van der Waals surface area contributed by atoms with Crippen LogP contribution in [0.25, 0.3) is 33.3 Å². The molecule has 0 unspecified atom stereocenters. The molecule has 0 atom stereocenters. The predicted molar refractivity (Wildman–Crippen MR) is 104 cm³/mol. The summed E-state index contributed by atoms with van der Waals surface area (Å²) in [5.41, 5.74) is 3.85. The zero-order chi connectivity index (χ0) is 17.0. The Morgan fingerprint density at radius 1 is 0.840 bits per heavy atom. The van der Waals surface area contributed by atoms with Gasteiger partial charge in [-0.1, -0.05) is 46.3 Å². The molecule has 0 fully saturated rings. The number of fused-ring (bicyclic) bond motifs is 5. The molecular formula is C20H12BrN3O. The van der Waals surface area contributed by atoms with E-state index in [9.17, 15) is 4.79 Å². The number of benzene rings is 3. The number of para-hydroxylation sites is 3. The van der Waals surface area contributed by atoms with Crippen LogP contribution in [-0.2, 0) is 0 Å². The average molecular weight is 390 g/mol. The lowest BCUT2D eigenvalue weighted by Gasteiger charge is -2.12. The lowest BCUT2D eigenvalue weighted by atomic mass is 10.2. The fourth-order valence-corrected chi connectivity index (χ4v) is 3.67. The summed E-state index contributed by atoms with van der Waals surface area (Å²) in [5.74, 6) is 0. The fourth-order valence-electron chi connectivity index (χ4n) is 3.31. The topological polar surface area (TPSA) is 39.3 Å². The van der Waals surface area contributed by atoms with Crippen LogP contribution >= 0.6 is 15.9 Å². The van der Waals surface area contributed by atoms with Crippen LogP contribution in [-0.4, -0.2) is 14.0 Å². The van der Waals surface area contributed by atoms with Crippen molar-refractivity contribution in [2.24, 2.45) is 0 Å². The molecule has 0 radical (unpaired) electrons. The highest BCUT2D eigenvalue weighted by molar-refractivity contribution is 9.10. The van der Waals surface area contributed by atoms with Gasteiger partial charge in [-0.25, -0.2) is 14.2 Å². The van der Waals surface area contributed by atoms with Gasteiger partial charge >= 0.3 is 5.69 Å². The average Bonchev–Trinajstić information content (AvgIpc) is 3.03.